The molecule has 1 aromatic heterocycles. The predicted octanol–water partition coefficient (Wildman–Crippen LogP) is 3.86. The molecule has 0 bridgehead atoms. The molecule has 0 saturated carbocycles. The summed E-state index contributed by atoms with van der Waals surface area (Å²) in [7, 11) is 0. The number of hydrogen-bond acceptors (Lipinski definition) is 4. The molecule has 2 N–H and O–H groups in total. The average molecular weight is 371 g/mol. The maximum atomic E-state index is 11.4. The van der Waals surface area contributed by atoms with Gasteiger partial charge in [-0.3, -0.25) is 0 Å². The number of para-hydroxylation sites is 1. The SMILES string of the molecule is C1COCCN1.O=C(O)c1cc(-c2ccc(Cl)cc2)nc2ccccc12. The molecule has 0 aliphatic carbocycles. The quantitative estimate of drug-likeness (QED) is 0.716. The Morgan fingerprint density at radius 2 is 1.77 bits per heavy atom. The molecule has 0 spiro atoms. The van der Waals surface area contributed by atoms with E-state index in [1.165, 1.54) is 0 Å². The number of rotatable bonds is 2. The van der Waals surface area contributed by atoms with Crippen LogP contribution < -0.4 is 5.32 Å². The summed E-state index contributed by atoms with van der Waals surface area (Å²) in [5, 5.41) is 13.8. The van der Waals surface area contributed by atoms with E-state index in [4.69, 9.17) is 16.3 Å². The van der Waals surface area contributed by atoms with Gasteiger partial charge in [0.15, 0.2) is 0 Å². The number of morpholine rings is 1. The Morgan fingerprint density at radius 3 is 2.35 bits per heavy atom. The van der Waals surface area contributed by atoms with Crippen molar-refractivity contribution in [3.63, 3.8) is 0 Å². The summed E-state index contributed by atoms with van der Waals surface area (Å²) in [5.74, 6) is -0.959. The number of aromatic nitrogens is 1. The number of carboxylic acids is 1. The Morgan fingerprint density at radius 1 is 1.08 bits per heavy atom. The molecule has 0 unspecified atom stereocenters. The van der Waals surface area contributed by atoms with Gasteiger partial charge in [0.25, 0.3) is 0 Å². The fourth-order valence-electron chi connectivity index (χ4n) is 2.64. The van der Waals surface area contributed by atoms with E-state index < -0.39 is 5.97 Å². The zero-order valence-electron chi connectivity index (χ0n) is 14.1. The molecule has 6 heteroatoms. The van der Waals surface area contributed by atoms with Crippen LogP contribution in [0.15, 0.2) is 54.6 Å². The molecule has 1 saturated heterocycles. The van der Waals surface area contributed by atoms with Gasteiger partial charge >= 0.3 is 5.97 Å². The molecule has 2 heterocycles. The number of nitrogens with one attached hydrogen (secondary N) is 1. The lowest BCUT2D eigenvalue weighted by Crippen LogP contribution is -2.30. The predicted molar refractivity (Wildman–Crippen MR) is 103 cm³/mol. The lowest BCUT2D eigenvalue weighted by Gasteiger charge is -2.10. The molecule has 26 heavy (non-hydrogen) atoms. The zero-order chi connectivity index (χ0) is 18.4. The van der Waals surface area contributed by atoms with Gasteiger partial charge in [-0.2, -0.15) is 0 Å². The number of carboxylic acid groups (broad SMARTS) is 1. The number of ether oxygens (including phenoxy) is 1. The van der Waals surface area contributed by atoms with Crippen molar-refractivity contribution in [3.05, 3.63) is 65.2 Å². The second-order valence-electron chi connectivity index (χ2n) is 5.75. The van der Waals surface area contributed by atoms with Gasteiger partial charge in [-0.15, -0.1) is 0 Å². The van der Waals surface area contributed by atoms with E-state index >= 15 is 0 Å². The van der Waals surface area contributed by atoms with Crippen molar-refractivity contribution in [1.29, 1.82) is 0 Å². The highest BCUT2D eigenvalue weighted by Gasteiger charge is 2.12. The number of halogens is 1. The number of aromatic carboxylic acids is 1. The molecule has 0 radical (unpaired) electrons. The summed E-state index contributed by atoms with van der Waals surface area (Å²) in [6, 6.07) is 16.0. The van der Waals surface area contributed by atoms with Crippen molar-refractivity contribution in [2.45, 2.75) is 0 Å². The largest absolute Gasteiger partial charge is 0.478 e. The highest BCUT2D eigenvalue weighted by Crippen LogP contribution is 2.25. The topological polar surface area (TPSA) is 71.5 Å². The fraction of sp³-hybridized carbons (Fsp3) is 0.200. The number of hydrogen-bond donors (Lipinski definition) is 2. The zero-order valence-corrected chi connectivity index (χ0v) is 14.9. The first-order chi connectivity index (χ1) is 12.6. The van der Waals surface area contributed by atoms with Crippen molar-refractivity contribution in [1.82, 2.24) is 10.3 Å². The molecule has 5 nitrogen and oxygen atoms in total. The highest BCUT2D eigenvalue weighted by atomic mass is 35.5. The average Bonchev–Trinajstić information content (AvgIpc) is 2.69. The molecular weight excluding hydrogens is 352 g/mol. The van der Waals surface area contributed by atoms with E-state index in [1.54, 1.807) is 36.4 Å². The summed E-state index contributed by atoms with van der Waals surface area (Å²) in [6.45, 7) is 3.83. The van der Waals surface area contributed by atoms with Crippen LogP contribution in [0, 0.1) is 0 Å². The Labute approximate surface area is 156 Å². The molecule has 4 rings (SSSR count). The fourth-order valence-corrected chi connectivity index (χ4v) is 2.76. The van der Waals surface area contributed by atoms with Crippen molar-refractivity contribution in [2.24, 2.45) is 0 Å². The first-order valence-electron chi connectivity index (χ1n) is 8.32. The summed E-state index contributed by atoms with van der Waals surface area (Å²) in [4.78, 5) is 15.9. The van der Waals surface area contributed by atoms with Crippen LogP contribution in [0.5, 0.6) is 0 Å². The number of pyridine rings is 1. The molecule has 1 aliphatic rings. The lowest BCUT2D eigenvalue weighted by atomic mass is 10.0. The van der Waals surface area contributed by atoms with Gasteiger partial charge in [-0.25, -0.2) is 9.78 Å². The van der Waals surface area contributed by atoms with E-state index in [0.29, 0.717) is 21.6 Å². The van der Waals surface area contributed by atoms with Gasteiger partial charge in [-0.05, 0) is 24.3 Å². The minimum atomic E-state index is -0.959. The summed E-state index contributed by atoms with van der Waals surface area (Å²) < 4.78 is 5.01. The van der Waals surface area contributed by atoms with E-state index in [0.717, 1.165) is 31.9 Å². The molecule has 2 aromatic carbocycles. The molecule has 134 valence electrons. The molecule has 1 fully saturated rings. The number of fused-ring (bicyclic) bond motifs is 1. The van der Waals surface area contributed by atoms with Crippen molar-refractivity contribution in [3.8, 4) is 11.3 Å². The van der Waals surface area contributed by atoms with Gasteiger partial charge in [0.1, 0.15) is 0 Å². The summed E-state index contributed by atoms with van der Waals surface area (Å²) in [6.07, 6.45) is 0. The third kappa shape index (κ3) is 4.58. The monoisotopic (exact) mass is 370 g/mol. The van der Waals surface area contributed by atoms with Crippen LogP contribution >= 0.6 is 11.6 Å². The molecule has 0 atom stereocenters. The Hall–Kier alpha value is -2.47. The maximum absolute atomic E-state index is 11.4. The smallest absolute Gasteiger partial charge is 0.336 e. The standard InChI is InChI=1S/C16H10ClNO2.C4H9NO/c17-11-7-5-10(6-8-11)15-9-13(16(19)20)12-3-1-2-4-14(12)18-15;1-3-6-4-2-5-1/h1-9H,(H,19,20);5H,1-4H2. The van der Waals surface area contributed by atoms with Gasteiger partial charge in [0.2, 0.25) is 0 Å². The second kappa shape index (κ2) is 8.76. The minimum absolute atomic E-state index is 0.251. The van der Waals surface area contributed by atoms with Gasteiger partial charge in [0, 0.05) is 29.1 Å². The van der Waals surface area contributed by atoms with Crippen LogP contribution in [-0.4, -0.2) is 42.4 Å². The van der Waals surface area contributed by atoms with Crippen molar-refractivity contribution >= 4 is 28.5 Å². The van der Waals surface area contributed by atoms with Crippen LogP contribution in [0.25, 0.3) is 22.2 Å². The van der Waals surface area contributed by atoms with E-state index in [-0.39, 0.29) is 5.56 Å². The first kappa shape index (κ1) is 18.3. The lowest BCUT2D eigenvalue weighted by molar-refractivity contribution is 0.0699. The van der Waals surface area contributed by atoms with Crippen LogP contribution in [-0.2, 0) is 4.74 Å². The summed E-state index contributed by atoms with van der Waals surface area (Å²) in [5.41, 5.74) is 2.37. The second-order valence-corrected chi connectivity index (χ2v) is 6.18. The minimum Gasteiger partial charge on any atom is -0.478 e. The highest BCUT2D eigenvalue weighted by molar-refractivity contribution is 6.30. The van der Waals surface area contributed by atoms with Crippen LogP contribution in [0.3, 0.4) is 0 Å². The number of nitrogens with zero attached hydrogens (tertiary/aromatic N) is 1. The van der Waals surface area contributed by atoms with Gasteiger partial charge in [-0.1, -0.05) is 41.9 Å². The van der Waals surface area contributed by atoms with Gasteiger partial charge < -0.3 is 15.2 Å². The normalized spacial score (nSPS) is 13.7. The number of carbonyl (C=O) groups is 1. The molecular formula is C20H19ClN2O3. The van der Waals surface area contributed by atoms with Crippen molar-refractivity contribution in [2.75, 3.05) is 26.3 Å². The van der Waals surface area contributed by atoms with Crippen molar-refractivity contribution < 1.29 is 14.6 Å². The Balaban J connectivity index is 0.000000278. The maximum Gasteiger partial charge on any atom is 0.336 e. The molecule has 0 amide bonds. The van der Waals surface area contributed by atoms with Crippen LogP contribution in [0.1, 0.15) is 10.4 Å². The third-order valence-electron chi connectivity index (χ3n) is 3.93. The first-order valence-corrected chi connectivity index (χ1v) is 8.70. The van der Waals surface area contributed by atoms with E-state index in [9.17, 15) is 9.90 Å². The van der Waals surface area contributed by atoms with Crippen LogP contribution in [0.2, 0.25) is 5.02 Å². The van der Waals surface area contributed by atoms with Gasteiger partial charge in [0.05, 0.1) is 30.0 Å². The Bertz CT molecular complexity index is 882. The van der Waals surface area contributed by atoms with E-state index in [1.807, 2.05) is 18.2 Å². The summed E-state index contributed by atoms with van der Waals surface area (Å²) >= 11 is 5.86. The Kier molecular flexibility index (Phi) is 6.17. The molecule has 3 aromatic rings. The molecule has 1 aliphatic heterocycles. The van der Waals surface area contributed by atoms with E-state index in [2.05, 4.69) is 10.3 Å². The van der Waals surface area contributed by atoms with Crippen LogP contribution in [0.4, 0.5) is 0 Å². The third-order valence-corrected chi connectivity index (χ3v) is 4.18. The number of benzene rings is 2.